The number of halogens is 11. The summed E-state index contributed by atoms with van der Waals surface area (Å²) in [6, 6.07) is 0. The van der Waals surface area contributed by atoms with Crippen molar-refractivity contribution in [3.8, 4) is 11.5 Å². The first kappa shape index (κ1) is 27.4. The van der Waals surface area contributed by atoms with Crippen molar-refractivity contribution >= 4 is 54.1 Å². The molecule has 1 aromatic carbocycles. The molecule has 1 saturated heterocycles. The fourth-order valence-electron chi connectivity index (χ4n) is 2.75. The average Bonchev–Trinajstić information content (AvgIpc) is 2.98. The van der Waals surface area contributed by atoms with Gasteiger partial charge in [0, 0.05) is 0 Å². The average molecular weight is 592 g/mol. The second-order valence-electron chi connectivity index (χ2n) is 8.18. The molecule has 3 rings (SSSR count). The molecule has 0 amide bonds. The number of rotatable bonds is 2. The molecule has 17 heteroatoms. The standard InChI is InChI=1S/C16H14Cl4F7O5P/c1-13(2,3)6-4-28-33(29-5-6,32-14(21,15(22,23)24)16(25,26)27)30-11-9(19)7(17)8(18)10(20)12(11)31-33/h6H,4-5H2,1-3H3. The summed E-state index contributed by atoms with van der Waals surface area (Å²) < 4.78 is 120. The normalized spacial score (nSPS) is 23.9. The molecule has 190 valence electrons. The fourth-order valence-corrected chi connectivity index (χ4v) is 6.66. The Morgan fingerprint density at radius 3 is 1.39 bits per heavy atom. The first-order chi connectivity index (χ1) is 14.7. The third-order valence-electron chi connectivity index (χ3n) is 4.87. The minimum absolute atomic E-state index is 0.480. The molecule has 0 atom stereocenters. The molecule has 5 nitrogen and oxygen atoms in total. The Balaban J connectivity index is 2.21. The molecule has 0 N–H and O–H groups in total. The van der Waals surface area contributed by atoms with Crippen molar-refractivity contribution in [2.75, 3.05) is 13.2 Å². The van der Waals surface area contributed by atoms with Gasteiger partial charge in [0.05, 0.1) is 0 Å². The van der Waals surface area contributed by atoms with E-state index in [0.717, 1.165) is 0 Å². The molecule has 0 unspecified atom stereocenters. The Morgan fingerprint density at radius 2 is 1.09 bits per heavy atom. The summed E-state index contributed by atoms with van der Waals surface area (Å²) in [6.07, 6.45) is -13.3. The third-order valence-corrected chi connectivity index (χ3v) is 9.29. The van der Waals surface area contributed by atoms with Gasteiger partial charge in [0.25, 0.3) is 0 Å². The number of fused-ring (bicyclic) bond motifs is 1. The van der Waals surface area contributed by atoms with Gasteiger partial charge >= 0.3 is 203 Å². The van der Waals surface area contributed by atoms with Crippen molar-refractivity contribution in [3.63, 3.8) is 0 Å². The van der Waals surface area contributed by atoms with E-state index in [2.05, 4.69) is 4.52 Å². The number of alkyl halides is 7. The summed E-state index contributed by atoms with van der Waals surface area (Å²) >= 11 is 23.7. The van der Waals surface area contributed by atoms with Crippen LogP contribution in [0.3, 0.4) is 0 Å². The predicted octanol–water partition coefficient (Wildman–Crippen LogP) is 8.72. The van der Waals surface area contributed by atoms with Gasteiger partial charge < -0.3 is 0 Å². The summed E-state index contributed by atoms with van der Waals surface area (Å²) in [6.45, 7) is 3.88. The van der Waals surface area contributed by atoms with E-state index in [1.165, 1.54) is 0 Å². The summed E-state index contributed by atoms with van der Waals surface area (Å²) in [5.74, 6) is -8.53. The van der Waals surface area contributed by atoms with E-state index >= 15 is 0 Å². The van der Waals surface area contributed by atoms with Crippen LogP contribution in [0.5, 0.6) is 11.5 Å². The van der Waals surface area contributed by atoms with Gasteiger partial charge in [-0.2, -0.15) is 0 Å². The van der Waals surface area contributed by atoms with E-state index in [9.17, 15) is 30.7 Å². The van der Waals surface area contributed by atoms with Crippen LogP contribution in [0.4, 0.5) is 30.7 Å². The Morgan fingerprint density at radius 1 is 0.727 bits per heavy atom. The van der Waals surface area contributed by atoms with E-state index in [4.69, 9.17) is 64.5 Å². The fraction of sp³-hybridized carbons (Fsp3) is 0.625. The first-order valence-electron chi connectivity index (χ1n) is 8.79. The van der Waals surface area contributed by atoms with Crippen molar-refractivity contribution < 1.29 is 53.4 Å². The third kappa shape index (κ3) is 4.33. The Labute approximate surface area is 202 Å². The molecule has 0 aliphatic carbocycles. The van der Waals surface area contributed by atoms with Crippen molar-refractivity contribution in [2.24, 2.45) is 11.3 Å². The second-order valence-corrected chi connectivity index (χ2v) is 12.2. The Hall–Kier alpha value is -0.200. The van der Waals surface area contributed by atoms with E-state index < -0.39 is 82.1 Å². The zero-order valence-electron chi connectivity index (χ0n) is 16.6. The summed E-state index contributed by atoms with van der Waals surface area (Å²) in [7, 11) is -6.57. The molecular weight excluding hydrogens is 578 g/mol. The molecule has 1 spiro atoms. The van der Waals surface area contributed by atoms with Crippen LogP contribution in [-0.4, -0.2) is 31.4 Å². The van der Waals surface area contributed by atoms with Gasteiger partial charge in [0.1, 0.15) is 0 Å². The van der Waals surface area contributed by atoms with Crippen LogP contribution in [0.1, 0.15) is 20.8 Å². The molecule has 1 fully saturated rings. The second kappa shape index (κ2) is 7.90. The summed E-state index contributed by atoms with van der Waals surface area (Å²) in [5.41, 5.74) is -0.607. The van der Waals surface area contributed by atoms with Crippen LogP contribution in [0, 0.1) is 11.3 Å². The van der Waals surface area contributed by atoms with Crippen molar-refractivity contribution in [1.82, 2.24) is 0 Å². The zero-order chi connectivity index (χ0) is 25.4. The van der Waals surface area contributed by atoms with Gasteiger partial charge in [-0.15, -0.1) is 0 Å². The molecule has 0 saturated carbocycles. The monoisotopic (exact) mass is 590 g/mol. The number of benzene rings is 1. The summed E-state index contributed by atoms with van der Waals surface area (Å²) in [5, 5.41) is -2.21. The summed E-state index contributed by atoms with van der Waals surface area (Å²) in [4.78, 5) is 0. The molecule has 2 aliphatic heterocycles. The molecule has 33 heavy (non-hydrogen) atoms. The number of hydrogen-bond acceptors (Lipinski definition) is 5. The first-order valence-corrected chi connectivity index (χ1v) is 12.1. The molecule has 0 radical (unpaired) electrons. The predicted molar refractivity (Wildman–Crippen MR) is 107 cm³/mol. The maximum atomic E-state index is 14.7. The molecular formula is C16H14Cl4F7O5P. The van der Waals surface area contributed by atoms with Crippen LogP contribution >= 0.6 is 54.1 Å². The van der Waals surface area contributed by atoms with Gasteiger partial charge in [0.2, 0.25) is 0 Å². The van der Waals surface area contributed by atoms with Crippen molar-refractivity contribution in [2.45, 2.75) is 39.0 Å². The van der Waals surface area contributed by atoms with Gasteiger partial charge in [-0.1, -0.05) is 0 Å². The van der Waals surface area contributed by atoms with Gasteiger partial charge in [-0.05, 0) is 0 Å². The zero-order valence-corrected chi connectivity index (χ0v) is 20.6. The van der Waals surface area contributed by atoms with Crippen LogP contribution in [0.25, 0.3) is 0 Å². The topological polar surface area (TPSA) is 46.2 Å². The Bertz CT molecular complexity index is 919. The quantitative estimate of drug-likeness (QED) is 0.149. The molecule has 1 aromatic rings. The number of hydrogen-bond donors (Lipinski definition) is 0. The maximum absolute atomic E-state index is 14.7. The van der Waals surface area contributed by atoms with Gasteiger partial charge in [-0.3, -0.25) is 0 Å². The minimum atomic E-state index is -6.66. The molecule has 2 heterocycles. The van der Waals surface area contributed by atoms with E-state index in [1.807, 2.05) is 0 Å². The molecule has 2 aliphatic rings. The van der Waals surface area contributed by atoms with Crippen molar-refractivity contribution in [1.29, 1.82) is 0 Å². The van der Waals surface area contributed by atoms with E-state index in [-0.39, 0.29) is 0 Å². The van der Waals surface area contributed by atoms with Gasteiger partial charge in [-0.25, -0.2) is 0 Å². The molecule has 0 aromatic heterocycles. The van der Waals surface area contributed by atoms with Crippen LogP contribution in [0.15, 0.2) is 0 Å². The van der Waals surface area contributed by atoms with Crippen molar-refractivity contribution in [3.05, 3.63) is 20.1 Å². The molecule has 0 bridgehead atoms. The van der Waals surface area contributed by atoms with Crippen LogP contribution < -0.4 is 9.05 Å². The SMILES string of the molecule is CC(C)(C)C1COP2(OC(F)(C(F)(F)F)C(F)(F)F)(OC1)Oc1c(Cl)c(Cl)c(Cl)c(Cl)c1O2. The van der Waals surface area contributed by atoms with E-state index in [0.29, 0.717) is 0 Å². The Kier molecular flexibility index (Phi) is 6.56. The van der Waals surface area contributed by atoms with Crippen LogP contribution in [0.2, 0.25) is 20.1 Å². The van der Waals surface area contributed by atoms with E-state index in [1.54, 1.807) is 20.8 Å². The van der Waals surface area contributed by atoms with Gasteiger partial charge in [0.15, 0.2) is 0 Å². The van der Waals surface area contributed by atoms with Crippen LogP contribution in [-0.2, 0) is 13.6 Å².